The molecule has 0 radical (unpaired) electrons. The number of aromatic hydroxyl groups is 1. The van der Waals surface area contributed by atoms with Crippen LogP contribution in [-0.4, -0.2) is 20.9 Å². The zero-order chi connectivity index (χ0) is 20.1. The highest BCUT2D eigenvalue weighted by atomic mass is 19.2. The number of carbonyl (C=O) groups excluding carboxylic acids is 1. The molecule has 1 aliphatic rings. The Kier molecular flexibility index (Phi) is 3.87. The zero-order valence-corrected chi connectivity index (χ0v) is 15.2. The van der Waals surface area contributed by atoms with Gasteiger partial charge in [0.2, 0.25) is 0 Å². The van der Waals surface area contributed by atoms with Gasteiger partial charge < -0.3 is 15.0 Å². The van der Waals surface area contributed by atoms with Crippen LogP contribution in [0.3, 0.4) is 0 Å². The molecular weight excluding hydrogens is 374 g/mol. The molecule has 6 heteroatoms. The predicted octanol–water partition coefficient (Wildman–Crippen LogP) is 4.90. The van der Waals surface area contributed by atoms with Crippen LogP contribution in [0.2, 0.25) is 0 Å². The zero-order valence-electron chi connectivity index (χ0n) is 15.2. The molecule has 0 fully saturated rings. The minimum Gasteiger partial charge on any atom is -0.507 e. The second kappa shape index (κ2) is 6.44. The lowest BCUT2D eigenvalue weighted by atomic mass is 10.00. The second-order valence-corrected chi connectivity index (χ2v) is 7.13. The summed E-state index contributed by atoms with van der Waals surface area (Å²) in [5.74, 6) is -2.86. The van der Waals surface area contributed by atoms with Gasteiger partial charge in [-0.2, -0.15) is 0 Å². The number of rotatable bonds is 3. The smallest absolute Gasteiger partial charge is 0.255 e. The van der Waals surface area contributed by atoms with Crippen molar-refractivity contribution in [2.45, 2.75) is 12.6 Å². The molecule has 29 heavy (non-hydrogen) atoms. The summed E-state index contributed by atoms with van der Waals surface area (Å²) in [6.45, 7) is 0.299. The standard InChI is InChI=1S/C23H16F2N2O2/c24-17-10-16(21(28)11-18(17)25)22(20-9-13-5-2-4-8-19(13)26-20)27-12-14-6-1-3-7-15(14)23(27)29/h1-11,22,26,28H,12H2/t22-/m1/s1. The summed E-state index contributed by atoms with van der Waals surface area (Å²) in [5, 5.41) is 11.3. The van der Waals surface area contributed by atoms with E-state index in [4.69, 9.17) is 0 Å². The Labute approximate surface area is 165 Å². The van der Waals surface area contributed by atoms with Gasteiger partial charge in [-0.25, -0.2) is 8.78 Å². The van der Waals surface area contributed by atoms with Gasteiger partial charge in [0.1, 0.15) is 11.8 Å². The first-order chi connectivity index (χ1) is 14.0. The van der Waals surface area contributed by atoms with E-state index >= 15 is 0 Å². The number of carbonyl (C=O) groups is 1. The van der Waals surface area contributed by atoms with E-state index in [2.05, 4.69) is 4.98 Å². The van der Waals surface area contributed by atoms with Gasteiger partial charge in [0.15, 0.2) is 11.6 Å². The summed E-state index contributed by atoms with van der Waals surface area (Å²) in [7, 11) is 0. The Balaban J connectivity index is 1.70. The molecule has 1 aliphatic heterocycles. The van der Waals surface area contributed by atoms with Crippen molar-refractivity contribution in [3.63, 3.8) is 0 Å². The Morgan fingerprint density at radius 3 is 2.48 bits per heavy atom. The van der Waals surface area contributed by atoms with E-state index in [9.17, 15) is 18.7 Å². The molecule has 2 heterocycles. The Hall–Kier alpha value is -3.67. The molecule has 1 atom stereocenters. The van der Waals surface area contributed by atoms with Crippen molar-refractivity contribution in [2.75, 3.05) is 0 Å². The minimum atomic E-state index is -1.14. The number of aromatic nitrogens is 1. The number of nitrogens with zero attached hydrogens (tertiary/aromatic N) is 1. The number of hydrogen-bond donors (Lipinski definition) is 2. The molecule has 2 N–H and O–H groups in total. The Bertz CT molecular complexity index is 1230. The highest BCUT2D eigenvalue weighted by Crippen LogP contribution is 2.40. The predicted molar refractivity (Wildman–Crippen MR) is 104 cm³/mol. The van der Waals surface area contributed by atoms with E-state index in [1.54, 1.807) is 17.0 Å². The molecule has 0 bridgehead atoms. The van der Waals surface area contributed by atoms with Crippen molar-refractivity contribution in [1.82, 2.24) is 9.88 Å². The molecule has 0 aliphatic carbocycles. The first-order valence-corrected chi connectivity index (χ1v) is 9.17. The molecule has 1 aromatic heterocycles. The minimum absolute atomic E-state index is 0.122. The average molecular weight is 390 g/mol. The Morgan fingerprint density at radius 2 is 1.69 bits per heavy atom. The number of para-hydroxylation sites is 1. The SMILES string of the molecule is O=C1c2ccccc2CN1[C@@H](c1cc2ccccc2[nH]1)c1cc(F)c(F)cc1O. The molecule has 1 amide bonds. The highest BCUT2D eigenvalue weighted by molar-refractivity contribution is 5.99. The average Bonchev–Trinajstić information content (AvgIpc) is 3.28. The van der Waals surface area contributed by atoms with E-state index in [1.165, 1.54) is 0 Å². The largest absolute Gasteiger partial charge is 0.507 e. The van der Waals surface area contributed by atoms with Crippen LogP contribution in [-0.2, 0) is 6.54 Å². The van der Waals surface area contributed by atoms with Crippen LogP contribution in [0.5, 0.6) is 5.75 Å². The number of nitrogens with one attached hydrogen (secondary N) is 1. The number of fused-ring (bicyclic) bond motifs is 2. The van der Waals surface area contributed by atoms with Crippen LogP contribution in [0.15, 0.2) is 66.7 Å². The first kappa shape index (κ1) is 17.4. The van der Waals surface area contributed by atoms with E-state index < -0.39 is 23.4 Å². The van der Waals surface area contributed by atoms with Crippen LogP contribution in [0.25, 0.3) is 10.9 Å². The van der Waals surface area contributed by atoms with Crippen LogP contribution in [0.1, 0.15) is 33.2 Å². The molecule has 3 aromatic carbocycles. The lowest BCUT2D eigenvalue weighted by molar-refractivity contribution is 0.0726. The summed E-state index contributed by atoms with van der Waals surface area (Å²) in [6, 6.07) is 17.6. The van der Waals surface area contributed by atoms with Gasteiger partial charge in [-0.05, 0) is 35.2 Å². The van der Waals surface area contributed by atoms with Gasteiger partial charge in [0.25, 0.3) is 5.91 Å². The third kappa shape index (κ3) is 2.76. The van der Waals surface area contributed by atoms with Crippen LogP contribution in [0, 0.1) is 11.6 Å². The van der Waals surface area contributed by atoms with E-state index in [1.807, 2.05) is 42.5 Å². The van der Waals surface area contributed by atoms with Crippen LogP contribution in [0.4, 0.5) is 8.78 Å². The summed E-state index contributed by atoms with van der Waals surface area (Å²) in [6.07, 6.45) is 0. The number of benzene rings is 3. The van der Waals surface area contributed by atoms with Gasteiger partial charge in [0.05, 0.1) is 0 Å². The molecular formula is C23H16F2N2O2. The molecule has 0 saturated carbocycles. The summed E-state index contributed by atoms with van der Waals surface area (Å²) in [4.78, 5) is 17.9. The quantitative estimate of drug-likeness (QED) is 0.523. The maximum absolute atomic E-state index is 14.1. The van der Waals surface area contributed by atoms with Gasteiger partial charge in [-0.3, -0.25) is 4.79 Å². The van der Waals surface area contributed by atoms with Crippen molar-refractivity contribution < 1.29 is 18.7 Å². The van der Waals surface area contributed by atoms with Crippen LogP contribution < -0.4 is 0 Å². The van der Waals surface area contributed by atoms with Crippen molar-refractivity contribution in [2.24, 2.45) is 0 Å². The van der Waals surface area contributed by atoms with Gasteiger partial charge >= 0.3 is 0 Å². The first-order valence-electron chi connectivity index (χ1n) is 9.17. The van der Waals surface area contributed by atoms with Gasteiger partial charge in [-0.15, -0.1) is 0 Å². The molecule has 144 valence electrons. The van der Waals surface area contributed by atoms with Gasteiger partial charge in [0, 0.05) is 34.9 Å². The number of amides is 1. The number of halogens is 2. The fourth-order valence-corrected chi connectivity index (χ4v) is 4.00. The molecule has 4 nitrogen and oxygen atoms in total. The highest BCUT2D eigenvalue weighted by Gasteiger charge is 2.36. The number of H-pyrrole nitrogens is 1. The van der Waals surface area contributed by atoms with Crippen molar-refractivity contribution in [3.8, 4) is 5.75 Å². The van der Waals surface area contributed by atoms with E-state index in [0.29, 0.717) is 17.8 Å². The maximum Gasteiger partial charge on any atom is 0.255 e. The lowest BCUT2D eigenvalue weighted by Crippen LogP contribution is -2.30. The molecule has 5 rings (SSSR count). The normalized spacial score (nSPS) is 14.4. The fourth-order valence-electron chi connectivity index (χ4n) is 4.00. The molecule has 4 aromatic rings. The molecule has 0 unspecified atom stereocenters. The van der Waals surface area contributed by atoms with E-state index in [-0.39, 0.29) is 11.5 Å². The maximum atomic E-state index is 14.1. The van der Waals surface area contributed by atoms with E-state index in [0.717, 1.165) is 28.6 Å². The fraction of sp³-hybridized carbons (Fsp3) is 0.0870. The molecule has 0 saturated heterocycles. The third-order valence-corrected chi connectivity index (χ3v) is 5.37. The van der Waals surface area contributed by atoms with Crippen LogP contribution >= 0.6 is 0 Å². The van der Waals surface area contributed by atoms with Crippen molar-refractivity contribution in [1.29, 1.82) is 0 Å². The third-order valence-electron chi connectivity index (χ3n) is 5.37. The summed E-state index contributed by atoms with van der Waals surface area (Å²) >= 11 is 0. The second-order valence-electron chi connectivity index (χ2n) is 7.13. The van der Waals surface area contributed by atoms with Crippen molar-refractivity contribution >= 4 is 16.8 Å². The van der Waals surface area contributed by atoms with Gasteiger partial charge in [-0.1, -0.05) is 36.4 Å². The lowest BCUT2D eigenvalue weighted by Gasteiger charge is -2.28. The number of phenolic OH excluding ortho intramolecular Hbond substituents is 1. The number of hydrogen-bond acceptors (Lipinski definition) is 2. The number of phenols is 1. The van der Waals surface area contributed by atoms with Crippen molar-refractivity contribution in [3.05, 3.63) is 101 Å². The topological polar surface area (TPSA) is 56.3 Å². The molecule has 0 spiro atoms. The summed E-state index contributed by atoms with van der Waals surface area (Å²) in [5.41, 5.74) is 2.99. The summed E-state index contributed by atoms with van der Waals surface area (Å²) < 4.78 is 27.7. The monoisotopic (exact) mass is 390 g/mol. The number of aromatic amines is 1. The Morgan fingerprint density at radius 1 is 0.966 bits per heavy atom.